The molecular formula is C13H17Cl2N3O. The molecule has 1 aliphatic heterocycles. The SMILES string of the molecule is CNC1CCN(CC(=O)Nc2c(Cl)cccc2Cl)C1. The van der Waals surface area contributed by atoms with E-state index >= 15 is 0 Å². The number of likely N-dealkylation sites (N-methyl/N-ethyl adjacent to an activating group) is 1. The van der Waals surface area contributed by atoms with Gasteiger partial charge in [0.15, 0.2) is 0 Å². The van der Waals surface area contributed by atoms with Crippen molar-refractivity contribution in [2.24, 2.45) is 0 Å². The average Bonchev–Trinajstić information content (AvgIpc) is 2.81. The highest BCUT2D eigenvalue weighted by atomic mass is 35.5. The summed E-state index contributed by atoms with van der Waals surface area (Å²) in [6.07, 6.45) is 1.07. The predicted octanol–water partition coefficient (Wildman–Crippen LogP) is 2.23. The molecule has 0 aliphatic carbocycles. The minimum Gasteiger partial charge on any atom is -0.322 e. The number of carbonyl (C=O) groups is 1. The molecule has 6 heteroatoms. The highest BCUT2D eigenvalue weighted by Gasteiger charge is 2.23. The van der Waals surface area contributed by atoms with E-state index in [1.165, 1.54) is 0 Å². The van der Waals surface area contributed by atoms with Crippen molar-refractivity contribution in [3.8, 4) is 0 Å². The van der Waals surface area contributed by atoms with Crippen molar-refractivity contribution in [1.29, 1.82) is 0 Å². The van der Waals surface area contributed by atoms with Gasteiger partial charge in [-0.05, 0) is 25.6 Å². The fourth-order valence-electron chi connectivity index (χ4n) is 2.21. The third-order valence-electron chi connectivity index (χ3n) is 3.28. The Bertz CT molecular complexity index is 447. The maximum absolute atomic E-state index is 12.0. The van der Waals surface area contributed by atoms with Gasteiger partial charge in [0, 0.05) is 19.1 Å². The molecule has 1 aromatic carbocycles. The van der Waals surface area contributed by atoms with E-state index in [1.54, 1.807) is 18.2 Å². The third-order valence-corrected chi connectivity index (χ3v) is 3.90. The molecule has 2 rings (SSSR count). The van der Waals surface area contributed by atoms with Crippen LogP contribution in [0, 0.1) is 0 Å². The number of halogens is 2. The molecule has 0 radical (unpaired) electrons. The zero-order chi connectivity index (χ0) is 13.8. The van der Waals surface area contributed by atoms with E-state index in [1.807, 2.05) is 7.05 Å². The fraction of sp³-hybridized carbons (Fsp3) is 0.462. The van der Waals surface area contributed by atoms with Crippen LogP contribution in [0.15, 0.2) is 18.2 Å². The maximum atomic E-state index is 12.0. The molecule has 1 aromatic rings. The normalized spacial score (nSPS) is 19.6. The summed E-state index contributed by atoms with van der Waals surface area (Å²) in [7, 11) is 1.94. The van der Waals surface area contributed by atoms with Crippen molar-refractivity contribution in [3.63, 3.8) is 0 Å². The van der Waals surface area contributed by atoms with Gasteiger partial charge in [0.2, 0.25) is 5.91 Å². The van der Waals surface area contributed by atoms with Crippen LogP contribution in [-0.4, -0.2) is 43.5 Å². The van der Waals surface area contributed by atoms with Crippen LogP contribution in [0.25, 0.3) is 0 Å². The minimum absolute atomic E-state index is 0.0910. The van der Waals surface area contributed by atoms with E-state index in [4.69, 9.17) is 23.2 Å². The van der Waals surface area contributed by atoms with Gasteiger partial charge in [-0.1, -0.05) is 29.3 Å². The van der Waals surface area contributed by atoms with Gasteiger partial charge in [-0.3, -0.25) is 9.69 Å². The molecule has 4 nitrogen and oxygen atoms in total. The Morgan fingerprint density at radius 1 is 1.42 bits per heavy atom. The van der Waals surface area contributed by atoms with Gasteiger partial charge >= 0.3 is 0 Å². The van der Waals surface area contributed by atoms with Gasteiger partial charge in [0.1, 0.15) is 0 Å². The second-order valence-electron chi connectivity index (χ2n) is 4.65. The Labute approximate surface area is 123 Å². The molecule has 1 aliphatic rings. The first kappa shape index (κ1) is 14.6. The van der Waals surface area contributed by atoms with Gasteiger partial charge in [-0.15, -0.1) is 0 Å². The van der Waals surface area contributed by atoms with Crippen LogP contribution in [0.2, 0.25) is 10.0 Å². The summed E-state index contributed by atoms with van der Waals surface area (Å²) in [5, 5.41) is 6.90. The van der Waals surface area contributed by atoms with Gasteiger partial charge < -0.3 is 10.6 Å². The lowest BCUT2D eigenvalue weighted by Gasteiger charge is -2.16. The number of nitrogens with one attached hydrogen (secondary N) is 2. The molecule has 0 spiro atoms. The topological polar surface area (TPSA) is 44.4 Å². The van der Waals surface area contributed by atoms with E-state index < -0.39 is 0 Å². The standard InChI is InChI=1S/C13H17Cl2N3O/c1-16-9-5-6-18(7-9)8-12(19)17-13-10(14)3-2-4-11(13)15/h2-4,9,16H,5-8H2,1H3,(H,17,19). The van der Waals surface area contributed by atoms with E-state index in [9.17, 15) is 4.79 Å². The summed E-state index contributed by atoms with van der Waals surface area (Å²) in [6, 6.07) is 5.63. The molecule has 19 heavy (non-hydrogen) atoms. The quantitative estimate of drug-likeness (QED) is 0.896. The third kappa shape index (κ3) is 3.83. The molecule has 0 saturated carbocycles. The zero-order valence-electron chi connectivity index (χ0n) is 10.7. The summed E-state index contributed by atoms with van der Waals surface area (Å²) in [5.41, 5.74) is 0.486. The molecular weight excluding hydrogens is 285 g/mol. The van der Waals surface area contributed by atoms with Crippen molar-refractivity contribution in [1.82, 2.24) is 10.2 Å². The molecule has 1 saturated heterocycles. The number of benzene rings is 1. The molecule has 104 valence electrons. The average molecular weight is 302 g/mol. The Hall–Kier alpha value is -0.810. The summed E-state index contributed by atoms with van der Waals surface area (Å²) in [5.74, 6) is -0.0910. The monoisotopic (exact) mass is 301 g/mol. The van der Waals surface area contributed by atoms with E-state index in [0.29, 0.717) is 28.3 Å². The van der Waals surface area contributed by atoms with Gasteiger partial charge in [-0.25, -0.2) is 0 Å². The first-order valence-electron chi connectivity index (χ1n) is 6.23. The lowest BCUT2D eigenvalue weighted by atomic mass is 10.3. The van der Waals surface area contributed by atoms with Crippen LogP contribution in [0.4, 0.5) is 5.69 Å². The van der Waals surface area contributed by atoms with E-state index in [0.717, 1.165) is 19.5 Å². The fourth-order valence-corrected chi connectivity index (χ4v) is 2.70. The highest BCUT2D eigenvalue weighted by Crippen LogP contribution is 2.29. The van der Waals surface area contributed by atoms with E-state index in [-0.39, 0.29) is 5.91 Å². The molecule has 2 N–H and O–H groups in total. The molecule has 0 bridgehead atoms. The minimum atomic E-state index is -0.0910. The largest absolute Gasteiger partial charge is 0.322 e. The van der Waals surface area contributed by atoms with Crippen molar-refractivity contribution < 1.29 is 4.79 Å². The summed E-state index contributed by atoms with van der Waals surface area (Å²) >= 11 is 12.0. The lowest BCUT2D eigenvalue weighted by Crippen LogP contribution is -2.34. The number of hydrogen-bond acceptors (Lipinski definition) is 3. The highest BCUT2D eigenvalue weighted by molar-refractivity contribution is 6.39. The molecule has 1 fully saturated rings. The molecule has 1 heterocycles. The molecule has 1 unspecified atom stereocenters. The number of carbonyl (C=O) groups excluding carboxylic acids is 1. The Morgan fingerprint density at radius 2 is 2.11 bits per heavy atom. The molecule has 1 atom stereocenters. The summed E-state index contributed by atoms with van der Waals surface area (Å²) < 4.78 is 0. The first-order valence-corrected chi connectivity index (χ1v) is 6.99. The number of likely N-dealkylation sites (tertiary alicyclic amines) is 1. The van der Waals surface area contributed by atoms with Crippen molar-refractivity contribution in [3.05, 3.63) is 28.2 Å². The van der Waals surface area contributed by atoms with Gasteiger partial charge in [-0.2, -0.15) is 0 Å². The number of hydrogen-bond donors (Lipinski definition) is 2. The number of para-hydroxylation sites is 1. The molecule has 0 aromatic heterocycles. The van der Waals surface area contributed by atoms with Crippen LogP contribution in [0.5, 0.6) is 0 Å². The second kappa shape index (κ2) is 6.57. The Morgan fingerprint density at radius 3 is 2.68 bits per heavy atom. The van der Waals surface area contributed by atoms with Crippen molar-refractivity contribution >= 4 is 34.8 Å². The first-order chi connectivity index (χ1) is 9.10. The number of anilines is 1. The van der Waals surface area contributed by atoms with Crippen LogP contribution < -0.4 is 10.6 Å². The van der Waals surface area contributed by atoms with Crippen molar-refractivity contribution in [2.75, 3.05) is 32.0 Å². The zero-order valence-corrected chi connectivity index (χ0v) is 12.3. The lowest BCUT2D eigenvalue weighted by molar-refractivity contribution is -0.117. The van der Waals surface area contributed by atoms with Gasteiger partial charge in [0.05, 0.1) is 22.3 Å². The van der Waals surface area contributed by atoms with Crippen LogP contribution >= 0.6 is 23.2 Å². The van der Waals surface area contributed by atoms with E-state index in [2.05, 4.69) is 15.5 Å². The number of amides is 1. The molecule has 1 amide bonds. The van der Waals surface area contributed by atoms with Crippen molar-refractivity contribution in [2.45, 2.75) is 12.5 Å². The number of rotatable bonds is 4. The summed E-state index contributed by atoms with van der Waals surface area (Å²) in [4.78, 5) is 14.1. The van der Waals surface area contributed by atoms with Crippen LogP contribution in [-0.2, 0) is 4.79 Å². The summed E-state index contributed by atoms with van der Waals surface area (Å²) in [6.45, 7) is 2.18. The maximum Gasteiger partial charge on any atom is 0.238 e. The predicted molar refractivity (Wildman–Crippen MR) is 79.0 cm³/mol. The Kier molecular flexibility index (Phi) is 5.05. The second-order valence-corrected chi connectivity index (χ2v) is 5.47. The van der Waals surface area contributed by atoms with Gasteiger partial charge in [0.25, 0.3) is 0 Å². The smallest absolute Gasteiger partial charge is 0.238 e. The number of nitrogens with zero attached hydrogens (tertiary/aromatic N) is 1. The Balaban J connectivity index is 1.91. The van der Waals surface area contributed by atoms with Crippen LogP contribution in [0.3, 0.4) is 0 Å². The van der Waals surface area contributed by atoms with Crippen LogP contribution in [0.1, 0.15) is 6.42 Å².